The molecule has 3 aromatic rings. The first kappa shape index (κ1) is 25.2. The topological polar surface area (TPSA) is 18.5 Å². The van der Waals surface area contributed by atoms with Crippen LogP contribution < -0.4 is 0 Å². The van der Waals surface area contributed by atoms with Crippen molar-refractivity contribution in [2.45, 2.75) is 51.7 Å². The molecule has 2 nitrogen and oxygen atoms in total. The van der Waals surface area contributed by atoms with Gasteiger partial charge in [-0.05, 0) is 65.6 Å². The van der Waals surface area contributed by atoms with E-state index in [0.29, 0.717) is 53.9 Å². The first-order chi connectivity index (χ1) is 16.9. The third-order valence-electron chi connectivity index (χ3n) is 6.23. The Morgan fingerprint density at radius 1 is 0.771 bits per heavy atom. The van der Waals surface area contributed by atoms with Crippen LogP contribution in [0.2, 0.25) is 0 Å². The zero-order valence-electron chi connectivity index (χ0n) is 19.7. The molecular formula is C29H28F4O2. The Balaban J connectivity index is 1.37. The van der Waals surface area contributed by atoms with Crippen molar-refractivity contribution in [1.29, 1.82) is 0 Å². The van der Waals surface area contributed by atoms with E-state index in [-0.39, 0.29) is 11.9 Å². The molecule has 4 rings (SSSR count). The summed E-state index contributed by atoms with van der Waals surface area (Å²) in [4.78, 5) is 0. The van der Waals surface area contributed by atoms with Gasteiger partial charge < -0.3 is 9.47 Å². The summed E-state index contributed by atoms with van der Waals surface area (Å²) < 4.78 is 67.7. The van der Waals surface area contributed by atoms with Crippen LogP contribution in [0.3, 0.4) is 0 Å². The lowest BCUT2D eigenvalue weighted by atomic mass is 10.0. The van der Waals surface area contributed by atoms with E-state index < -0.39 is 23.3 Å². The molecular weight excluding hydrogens is 456 g/mol. The summed E-state index contributed by atoms with van der Waals surface area (Å²) >= 11 is 0. The normalized spacial score (nSPS) is 17.9. The predicted molar refractivity (Wildman–Crippen MR) is 128 cm³/mol. The zero-order valence-corrected chi connectivity index (χ0v) is 19.7. The van der Waals surface area contributed by atoms with Gasteiger partial charge in [0.1, 0.15) is 11.6 Å². The lowest BCUT2D eigenvalue weighted by Crippen LogP contribution is -2.32. The minimum Gasteiger partial charge on any atom is -0.352 e. The standard InChI is InChI=1S/C29H28F4O2/c1-2-3-4-5-21-17-34-29(35-18-21)11-8-20-13-25(30)24(26(31)14-20)10-7-19-6-9-22-15-27(32)28(33)16-23(22)12-19/h6,9,12-16,21,29H,2-5,8,11,17-18H2,1H3. The van der Waals surface area contributed by atoms with Gasteiger partial charge in [0.15, 0.2) is 17.9 Å². The van der Waals surface area contributed by atoms with Gasteiger partial charge in [-0.3, -0.25) is 0 Å². The van der Waals surface area contributed by atoms with Crippen molar-refractivity contribution in [3.8, 4) is 11.8 Å². The largest absolute Gasteiger partial charge is 0.352 e. The summed E-state index contributed by atoms with van der Waals surface area (Å²) in [5, 5.41) is 0.959. The lowest BCUT2D eigenvalue weighted by molar-refractivity contribution is -0.203. The number of aryl methyl sites for hydroxylation is 1. The number of hydrogen-bond donors (Lipinski definition) is 0. The zero-order chi connectivity index (χ0) is 24.8. The number of ether oxygens (including phenoxy) is 2. The fourth-order valence-corrected chi connectivity index (χ4v) is 4.23. The minimum absolute atomic E-state index is 0.334. The monoisotopic (exact) mass is 484 g/mol. The average Bonchev–Trinajstić information content (AvgIpc) is 2.84. The number of halogens is 4. The molecule has 1 saturated heterocycles. The van der Waals surface area contributed by atoms with Crippen LogP contribution in [0.4, 0.5) is 17.6 Å². The molecule has 35 heavy (non-hydrogen) atoms. The van der Waals surface area contributed by atoms with Gasteiger partial charge in [0.2, 0.25) is 0 Å². The van der Waals surface area contributed by atoms with Crippen molar-refractivity contribution in [2.24, 2.45) is 5.92 Å². The van der Waals surface area contributed by atoms with Crippen molar-refractivity contribution in [3.63, 3.8) is 0 Å². The summed E-state index contributed by atoms with van der Waals surface area (Å²) in [5.41, 5.74) is 0.608. The first-order valence-corrected chi connectivity index (χ1v) is 12.0. The molecule has 0 bridgehead atoms. The van der Waals surface area contributed by atoms with Crippen molar-refractivity contribution in [3.05, 3.63) is 82.4 Å². The third-order valence-corrected chi connectivity index (χ3v) is 6.23. The smallest absolute Gasteiger partial charge is 0.159 e. The van der Waals surface area contributed by atoms with Crippen molar-refractivity contribution in [1.82, 2.24) is 0 Å². The summed E-state index contributed by atoms with van der Waals surface area (Å²) in [6.07, 6.45) is 5.22. The van der Waals surface area contributed by atoms with E-state index in [9.17, 15) is 17.6 Å². The minimum atomic E-state index is -0.967. The van der Waals surface area contributed by atoms with Gasteiger partial charge >= 0.3 is 0 Å². The molecule has 0 aliphatic carbocycles. The highest BCUT2D eigenvalue weighted by Gasteiger charge is 2.22. The van der Waals surface area contributed by atoms with Crippen LogP contribution in [-0.4, -0.2) is 19.5 Å². The van der Waals surface area contributed by atoms with E-state index in [1.807, 2.05) is 0 Å². The second-order valence-corrected chi connectivity index (χ2v) is 9.01. The molecule has 1 aliphatic rings. The number of hydrogen-bond acceptors (Lipinski definition) is 2. The molecule has 0 amide bonds. The van der Waals surface area contributed by atoms with E-state index in [2.05, 4.69) is 18.8 Å². The summed E-state index contributed by atoms with van der Waals surface area (Å²) in [6.45, 7) is 3.48. The predicted octanol–water partition coefficient (Wildman–Crippen LogP) is 7.30. The van der Waals surface area contributed by atoms with Gasteiger partial charge in [0.25, 0.3) is 0 Å². The maximum absolute atomic E-state index is 14.6. The Bertz CT molecular complexity index is 1210. The van der Waals surface area contributed by atoms with Crippen LogP contribution >= 0.6 is 0 Å². The lowest BCUT2D eigenvalue weighted by Gasteiger charge is -2.29. The Kier molecular flexibility index (Phi) is 8.43. The van der Waals surface area contributed by atoms with Crippen molar-refractivity contribution >= 4 is 10.8 Å². The Morgan fingerprint density at radius 3 is 2.14 bits per heavy atom. The van der Waals surface area contributed by atoms with E-state index in [1.165, 1.54) is 31.4 Å². The SMILES string of the molecule is CCCCCC1COC(CCc2cc(F)c(C#Cc3ccc4cc(F)c(F)cc4c3)c(F)c2)OC1. The highest BCUT2D eigenvalue weighted by molar-refractivity contribution is 5.84. The van der Waals surface area contributed by atoms with Crippen LogP contribution in [0.1, 0.15) is 55.7 Å². The number of fused-ring (bicyclic) bond motifs is 1. The van der Waals surface area contributed by atoms with Crippen LogP contribution in [0, 0.1) is 41.0 Å². The quantitative estimate of drug-likeness (QED) is 0.199. The third kappa shape index (κ3) is 6.62. The molecule has 1 heterocycles. The fourth-order valence-electron chi connectivity index (χ4n) is 4.23. The molecule has 0 aromatic heterocycles. The summed E-state index contributed by atoms with van der Waals surface area (Å²) in [5.74, 6) is 2.25. The molecule has 1 fully saturated rings. The van der Waals surface area contributed by atoms with E-state index in [1.54, 1.807) is 18.2 Å². The van der Waals surface area contributed by atoms with Gasteiger partial charge in [0.05, 0.1) is 18.8 Å². The highest BCUT2D eigenvalue weighted by atomic mass is 19.2. The first-order valence-electron chi connectivity index (χ1n) is 12.0. The number of benzene rings is 3. The van der Waals surface area contributed by atoms with Crippen LogP contribution in [0.5, 0.6) is 0 Å². The molecule has 6 heteroatoms. The van der Waals surface area contributed by atoms with Crippen LogP contribution in [0.25, 0.3) is 10.8 Å². The molecule has 184 valence electrons. The molecule has 0 N–H and O–H groups in total. The Labute approximate surface area is 203 Å². The van der Waals surface area contributed by atoms with Gasteiger partial charge in [-0.1, -0.05) is 44.1 Å². The highest BCUT2D eigenvalue weighted by Crippen LogP contribution is 2.23. The Morgan fingerprint density at radius 2 is 1.46 bits per heavy atom. The fraction of sp³-hybridized carbons (Fsp3) is 0.379. The Hall–Kier alpha value is -2.88. The van der Waals surface area contributed by atoms with Gasteiger partial charge in [-0.15, -0.1) is 0 Å². The van der Waals surface area contributed by atoms with Gasteiger partial charge in [-0.2, -0.15) is 0 Å². The van der Waals surface area contributed by atoms with E-state index in [0.717, 1.165) is 18.6 Å². The molecule has 1 aliphatic heterocycles. The molecule has 0 spiro atoms. The average molecular weight is 485 g/mol. The maximum Gasteiger partial charge on any atom is 0.159 e. The molecule has 0 atom stereocenters. The second-order valence-electron chi connectivity index (χ2n) is 9.01. The number of rotatable bonds is 7. The molecule has 0 radical (unpaired) electrons. The molecule has 3 aromatic carbocycles. The maximum atomic E-state index is 14.6. The van der Waals surface area contributed by atoms with Crippen molar-refractivity contribution in [2.75, 3.05) is 13.2 Å². The van der Waals surface area contributed by atoms with Gasteiger partial charge in [0, 0.05) is 17.9 Å². The van der Waals surface area contributed by atoms with Crippen LogP contribution in [0.15, 0.2) is 42.5 Å². The molecule has 0 unspecified atom stereocenters. The van der Waals surface area contributed by atoms with E-state index in [4.69, 9.17) is 9.47 Å². The van der Waals surface area contributed by atoms with E-state index >= 15 is 0 Å². The number of unbranched alkanes of at least 4 members (excludes halogenated alkanes) is 2. The molecule has 0 saturated carbocycles. The summed E-state index contributed by atoms with van der Waals surface area (Å²) in [6, 6.07) is 9.45. The second kappa shape index (κ2) is 11.7. The van der Waals surface area contributed by atoms with Crippen molar-refractivity contribution < 1.29 is 27.0 Å². The summed E-state index contributed by atoms with van der Waals surface area (Å²) in [7, 11) is 0. The van der Waals surface area contributed by atoms with Crippen LogP contribution in [-0.2, 0) is 15.9 Å². The van der Waals surface area contributed by atoms with Gasteiger partial charge in [-0.25, -0.2) is 17.6 Å².